The quantitative estimate of drug-likeness (QED) is 0.634. The molecule has 0 N–H and O–H groups in total. The highest BCUT2D eigenvalue weighted by Crippen LogP contribution is 2.36. The van der Waals surface area contributed by atoms with Crippen LogP contribution in [0, 0.1) is 0 Å². The molecule has 9 heteroatoms. The summed E-state index contributed by atoms with van der Waals surface area (Å²) in [7, 11) is -2.85. The molecule has 23 heavy (non-hydrogen) atoms. The number of carbonyl (C=O) groups is 1. The zero-order valence-electron chi connectivity index (χ0n) is 11.6. The number of carbonyl (C=O) groups excluding carboxylic acids is 1. The lowest BCUT2D eigenvalue weighted by molar-refractivity contribution is 0.0593. The van der Waals surface area contributed by atoms with E-state index in [1.165, 1.54) is 19.2 Å². The number of nitrogens with zero attached hydrogens (tertiary/aromatic N) is 1. The van der Waals surface area contributed by atoms with Gasteiger partial charge in [0.25, 0.3) is 10.0 Å². The Hall–Kier alpha value is -1.54. The fourth-order valence-electron chi connectivity index (χ4n) is 2.18. The van der Waals surface area contributed by atoms with Gasteiger partial charge in [0.05, 0.1) is 17.6 Å². The van der Waals surface area contributed by atoms with E-state index >= 15 is 0 Å². The van der Waals surface area contributed by atoms with Crippen molar-refractivity contribution < 1.29 is 17.9 Å². The number of methoxy groups -OCH3 is 1. The lowest BCUT2D eigenvalue weighted by atomic mass is 10.2. The van der Waals surface area contributed by atoms with Crippen LogP contribution in [0.5, 0.6) is 0 Å². The number of halogens is 2. The third kappa shape index (κ3) is 2.63. The molecule has 0 spiro atoms. The van der Waals surface area contributed by atoms with Crippen LogP contribution in [0.1, 0.15) is 10.5 Å². The SMILES string of the molecule is COC(=O)c1cc2ccccc2n1S(=O)(=O)c1cc(Cl)c(Cl)s1. The number of ether oxygens (including phenoxy) is 1. The molecule has 0 bridgehead atoms. The van der Waals surface area contributed by atoms with E-state index in [1.54, 1.807) is 24.3 Å². The highest BCUT2D eigenvalue weighted by molar-refractivity contribution is 7.92. The van der Waals surface area contributed by atoms with Gasteiger partial charge in [-0.25, -0.2) is 8.77 Å². The number of para-hydroxylation sites is 1. The van der Waals surface area contributed by atoms with Crippen molar-refractivity contribution in [1.29, 1.82) is 0 Å². The van der Waals surface area contributed by atoms with Gasteiger partial charge in [-0.1, -0.05) is 41.4 Å². The number of aromatic nitrogens is 1. The van der Waals surface area contributed by atoms with Crippen molar-refractivity contribution in [1.82, 2.24) is 3.97 Å². The third-order valence-electron chi connectivity index (χ3n) is 3.18. The van der Waals surface area contributed by atoms with Crippen LogP contribution in [-0.2, 0) is 14.8 Å². The maximum Gasteiger partial charge on any atom is 0.355 e. The molecule has 0 aliphatic rings. The zero-order valence-corrected chi connectivity index (χ0v) is 14.8. The fourth-order valence-corrected chi connectivity index (χ4v) is 5.64. The Morgan fingerprint density at radius 2 is 1.91 bits per heavy atom. The highest BCUT2D eigenvalue weighted by Gasteiger charge is 2.28. The summed E-state index contributed by atoms with van der Waals surface area (Å²) in [5, 5.41) is 0.747. The predicted molar refractivity (Wildman–Crippen MR) is 90.2 cm³/mol. The van der Waals surface area contributed by atoms with Crippen LogP contribution in [0.2, 0.25) is 9.36 Å². The van der Waals surface area contributed by atoms with Crippen LogP contribution < -0.4 is 0 Å². The zero-order chi connectivity index (χ0) is 16.8. The van der Waals surface area contributed by atoms with E-state index < -0.39 is 16.0 Å². The van der Waals surface area contributed by atoms with Crippen LogP contribution >= 0.6 is 34.5 Å². The number of fused-ring (bicyclic) bond motifs is 1. The van der Waals surface area contributed by atoms with Crippen molar-refractivity contribution >= 4 is 61.4 Å². The Bertz CT molecular complexity index is 1000. The van der Waals surface area contributed by atoms with Crippen LogP contribution in [-0.4, -0.2) is 25.5 Å². The van der Waals surface area contributed by atoms with E-state index in [4.69, 9.17) is 27.9 Å². The van der Waals surface area contributed by atoms with Gasteiger partial charge in [-0.3, -0.25) is 0 Å². The van der Waals surface area contributed by atoms with Gasteiger partial charge in [0.2, 0.25) is 0 Å². The average Bonchev–Trinajstić information content (AvgIpc) is 3.08. The highest BCUT2D eigenvalue weighted by atomic mass is 35.5. The Morgan fingerprint density at radius 3 is 2.52 bits per heavy atom. The molecule has 0 unspecified atom stereocenters. The molecule has 2 heterocycles. The van der Waals surface area contributed by atoms with Crippen molar-refractivity contribution in [3.8, 4) is 0 Å². The van der Waals surface area contributed by atoms with Gasteiger partial charge in [-0.05, 0) is 18.2 Å². The van der Waals surface area contributed by atoms with Gasteiger partial charge in [-0.15, -0.1) is 11.3 Å². The number of thiophene rings is 1. The molecule has 120 valence electrons. The fraction of sp³-hybridized carbons (Fsp3) is 0.0714. The summed E-state index contributed by atoms with van der Waals surface area (Å²) in [6, 6.07) is 9.48. The lowest BCUT2D eigenvalue weighted by Gasteiger charge is -2.09. The first-order chi connectivity index (χ1) is 10.9. The first kappa shape index (κ1) is 16.3. The molecule has 0 aliphatic heterocycles. The van der Waals surface area contributed by atoms with Crippen molar-refractivity contribution in [2.45, 2.75) is 4.21 Å². The maximum atomic E-state index is 13.0. The summed E-state index contributed by atoms with van der Waals surface area (Å²) in [6.07, 6.45) is 0. The summed E-state index contributed by atoms with van der Waals surface area (Å²) >= 11 is 12.6. The van der Waals surface area contributed by atoms with Crippen LogP contribution in [0.25, 0.3) is 10.9 Å². The van der Waals surface area contributed by atoms with Crippen molar-refractivity contribution in [2.24, 2.45) is 0 Å². The van der Waals surface area contributed by atoms with Crippen LogP contribution in [0.3, 0.4) is 0 Å². The van der Waals surface area contributed by atoms with E-state index in [0.717, 1.165) is 15.3 Å². The van der Waals surface area contributed by atoms with E-state index in [9.17, 15) is 13.2 Å². The first-order valence-electron chi connectivity index (χ1n) is 6.25. The molecule has 0 saturated heterocycles. The normalized spacial score (nSPS) is 11.8. The summed E-state index contributed by atoms with van der Waals surface area (Å²) < 4.78 is 31.7. The van der Waals surface area contributed by atoms with Gasteiger partial charge in [0.1, 0.15) is 14.2 Å². The topological polar surface area (TPSA) is 65.4 Å². The molecule has 2 aromatic heterocycles. The molecular formula is C14H9Cl2NO4S2. The average molecular weight is 390 g/mol. The van der Waals surface area contributed by atoms with Crippen LogP contribution in [0.4, 0.5) is 0 Å². The molecule has 3 aromatic rings. The maximum absolute atomic E-state index is 13.0. The lowest BCUT2D eigenvalue weighted by Crippen LogP contribution is -2.18. The molecule has 0 radical (unpaired) electrons. The predicted octanol–water partition coefficient (Wildman–Crippen LogP) is 4.03. The molecule has 5 nitrogen and oxygen atoms in total. The summed E-state index contributed by atoms with van der Waals surface area (Å²) in [6.45, 7) is 0. The molecule has 0 saturated carbocycles. The van der Waals surface area contributed by atoms with Crippen LogP contribution in [0.15, 0.2) is 40.6 Å². The minimum atomic E-state index is -4.04. The van der Waals surface area contributed by atoms with Gasteiger partial charge >= 0.3 is 5.97 Å². The minimum absolute atomic E-state index is 0.0565. The smallest absolute Gasteiger partial charge is 0.355 e. The molecule has 3 rings (SSSR count). The third-order valence-corrected chi connectivity index (χ3v) is 7.22. The molecule has 0 amide bonds. The van der Waals surface area contributed by atoms with E-state index in [2.05, 4.69) is 0 Å². The van der Waals surface area contributed by atoms with Gasteiger partial charge in [-0.2, -0.15) is 8.42 Å². The largest absolute Gasteiger partial charge is 0.464 e. The molecule has 1 aromatic carbocycles. The number of rotatable bonds is 3. The van der Waals surface area contributed by atoms with Crippen molar-refractivity contribution in [3.63, 3.8) is 0 Å². The number of benzene rings is 1. The van der Waals surface area contributed by atoms with E-state index in [1.807, 2.05) is 0 Å². The van der Waals surface area contributed by atoms with Gasteiger partial charge in [0, 0.05) is 5.39 Å². The summed E-state index contributed by atoms with van der Waals surface area (Å²) in [5.41, 5.74) is 0.280. The second-order valence-electron chi connectivity index (χ2n) is 4.54. The molecule has 0 fully saturated rings. The standard InChI is InChI=1S/C14H9Cl2NO4S2/c1-21-14(18)11-6-8-4-2-3-5-10(8)17(11)23(19,20)12-7-9(15)13(16)22-12/h2-7H,1H3. The Balaban J connectivity index is 2.35. The van der Waals surface area contributed by atoms with Gasteiger partial charge in [0.15, 0.2) is 0 Å². The number of hydrogen-bond donors (Lipinski definition) is 0. The van der Waals surface area contributed by atoms with E-state index in [-0.39, 0.29) is 19.3 Å². The Kier molecular flexibility index (Phi) is 4.14. The second kappa shape index (κ2) is 5.83. The summed E-state index contributed by atoms with van der Waals surface area (Å²) in [5.74, 6) is -0.751. The Labute approximate surface area is 146 Å². The molecular weight excluding hydrogens is 381 g/mol. The number of esters is 1. The van der Waals surface area contributed by atoms with E-state index in [0.29, 0.717) is 10.9 Å². The second-order valence-corrected chi connectivity index (χ2v) is 8.61. The number of hydrogen-bond acceptors (Lipinski definition) is 5. The summed E-state index contributed by atoms with van der Waals surface area (Å²) in [4.78, 5) is 12.0. The first-order valence-corrected chi connectivity index (χ1v) is 9.26. The molecule has 0 aliphatic carbocycles. The molecule has 0 atom stereocenters. The monoisotopic (exact) mass is 389 g/mol. The van der Waals surface area contributed by atoms with Crippen molar-refractivity contribution in [3.05, 3.63) is 51.5 Å². The minimum Gasteiger partial charge on any atom is -0.464 e. The van der Waals surface area contributed by atoms with Crippen molar-refractivity contribution in [2.75, 3.05) is 7.11 Å². The Morgan fingerprint density at radius 1 is 1.22 bits per heavy atom. The van der Waals surface area contributed by atoms with Gasteiger partial charge < -0.3 is 4.74 Å².